The SMILES string of the molecule is FB(F)C=C=C1CC1. The molecule has 3 heteroatoms. The van der Waals surface area contributed by atoms with Crippen molar-refractivity contribution in [2.75, 3.05) is 0 Å². The van der Waals surface area contributed by atoms with E-state index < -0.39 is 7.27 Å². The van der Waals surface area contributed by atoms with E-state index >= 15 is 0 Å². The van der Waals surface area contributed by atoms with Crippen molar-refractivity contribution in [3.8, 4) is 0 Å². The zero-order valence-corrected chi connectivity index (χ0v) is 4.32. The molecule has 42 valence electrons. The lowest BCUT2D eigenvalue weighted by Gasteiger charge is -1.69. The number of hydrogen-bond acceptors (Lipinski definition) is 0. The van der Waals surface area contributed by atoms with Crippen LogP contribution >= 0.6 is 0 Å². The zero-order valence-electron chi connectivity index (χ0n) is 4.32. The first kappa shape index (κ1) is 5.58. The van der Waals surface area contributed by atoms with Crippen molar-refractivity contribution in [1.29, 1.82) is 0 Å². The molecule has 0 atom stereocenters. The molecule has 0 aromatic carbocycles. The quantitative estimate of drug-likeness (QED) is 0.360. The standard InChI is InChI=1S/C5H5BF2/c7-6(8)4-3-5-1-2-5/h4H,1-2H2. The molecule has 1 aliphatic rings. The van der Waals surface area contributed by atoms with Crippen LogP contribution in [0.15, 0.2) is 17.3 Å². The second kappa shape index (κ2) is 2.14. The summed E-state index contributed by atoms with van der Waals surface area (Å²) in [5, 5.41) is 0. The Morgan fingerprint density at radius 1 is 1.50 bits per heavy atom. The normalized spacial score (nSPS) is 15.0. The average molecular weight is 114 g/mol. The van der Waals surface area contributed by atoms with Gasteiger partial charge in [0.25, 0.3) is 0 Å². The number of halogens is 2. The Morgan fingerprint density at radius 2 is 2.12 bits per heavy atom. The molecule has 0 bridgehead atoms. The number of hydrogen-bond donors (Lipinski definition) is 0. The Kier molecular flexibility index (Phi) is 1.49. The first-order chi connectivity index (χ1) is 3.79. The predicted molar refractivity (Wildman–Crippen MR) is 28.8 cm³/mol. The van der Waals surface area contributed by atoms with Gasteiger partial charge in [0.1, 0.15) is 0 Å². The molecule has 0 aromatic heterocycles. The van der Waals surface area contributed by atoms with Gasteiger partial charge in [-0.15, -0.1) is 5.73 Å². The third-order valence-corrected chi connectivity index (χ3v) is 0.913. The molecule has 0 aromatic rings. The summed E-state index contributed by atoms with van der Waals surface area (Å²) in [6, 6.07) is 0. The Bertz CT molecular complexity index is 139. The third-order valence-electron chi connectivity index (χ3n) is 0.913. The van der Waals surface area contributed by atoms with E-state index in [1.165, 1.54) is 0 Å². The van der Waals surface area contributed by atoms with E-state index in [2.05, 4.69) is 5.73 Å². The van der Waals surface area contributed by atoms with Gasteiger partial charge in [-0.3, -0.25) is 8.63 Å². The van der Waals surface area contributed by atoms with Gasteiger partial charge in [0.15, 0.2) is 0 Å². The van der Waals surface area contributed by atoms with E-state index in [4.69, 9.17) is 0 Å². The Labute approximate surface area is 47.1 Å². The van der Waals surface area contributed by atoms with Crippen molar-refractivity contribution in [1.82, 2.24) is 0 Å². The minimum absolute atomic E-state index is 0.808. The lowest BCUT2D eigenvalue weighted by molar-refractivity contribution is 0.683. The van der Waals surface area contributed by atoms with Gasteiger partial charge in [0, 0.05) is 0 Å². The topological polar surface area (TPSA) is 0 Å². The molecule has 1 fully saturated rings. The predicted octanol–water partition coefficient (Wildman–Crippen LogP) is 1.83. The highest BCUT2D eigenvalue weighted by molar-refractivity contribution is 6.49. The highest BCUT2D eigenvalue weighted by Crippen LogP contribution is 2.25. The van der Waals surface area contributed by atoms with E-state index in [1.54, 1.807) is 0 Å². The maximum atomic E-state index is 11.3. The molecule has 0 amide bonds. The molecule has 1 aliphatic carbocycles. The van der Waals surface area contributed by atoms with Crippen LogP contribution in [-0.2, 0) is 0 Å². The van der Waals surface area contributed by atoms with Crippen molar-refractivity contribution < 1.29 is 8.63 Å². The van der Waals surface area contributed by atoms with Crippen molar-refractivity contribution >= 4 is 7.27 Å². The van der Waals surface area contributed by atoms with Gasteiger partial charge < -0.3 is 0 Å². The summed E-state index contributed by atoms with van der Waals surface area (Å²) >= 11 is 0. The van der Waals surface area contributed by atoms with Crippen molar-refractivity contribution in [3.63, 3.8) is 0 Å². The van der Waals surface area contributed by atoms with E-state index in [9.17, 15) is 8.63 Å². The van der Waals surface area contributed by atoms with Gasteiger partial charge in [-0.25, -0.2) is 0 Å². The van der Waals surface area contributed by atoms with Gasteiger partial charge in [0.05, 0.1) is 0 Å². The lowest BCUT2D eigenvalue weighted by atomic mass is 10.0. The van der Waals surface area contributed by atoms with Gasteiger partial charge in [-0.2, -0.15) is 0 Å². The summed E-state index contributed by atoms with van der Waals surface area (Å²) in [5.41, 5.74) is 3.52. The first-order valence-corrected chi connectivity index (χ1v) is 2.52. The highest BCUT2D eigenvalue weighted by atomic mass is 19.2. The van der Waals surface area contributed by atoms with Crippen LogP contribution in [-0.4, -0.2) is 7.27 Å². The lowest BCUT2D eigenvalue weighted by Crippen LogP contribution is -1.85. The number of rotatable bonds is 1. The fraction of sp³-hybridized carbons (Fsp3) is 0.400. The molecular weight excluding hydrogens is 109 g/mol. The van der Waals surface area contributed by atoms with E-state index in [-0.39, 0.29) is 0 Å². The fourth-order valence-electron chi connectivity index (χ4n) is 0.388. The van der Waals surface area contributed by atoms with E-state index in [1.807, 2.05) is 0 Å². The summed E-state index contributed by atoms with van der Waals surface area (Å²) in [6.45, 7) is 0. The van der Waals surface area contributed by atoms with Crippen LogP contribution in [0.3, 0.4) is 0 Å². The van der Waals surface area contributed by atoms with Crippen LogP contribution in [0.5, 0.6) is 0 Å². The van der Waals surface area contributed by atoms with E-state index in [0.29, 0.717) is 0 Å². The van der Waals surface area contributed by atoms with Crippen LogP contribution < -0.4 is 0 Å². The Hall–Kier alpha value is -0.555. The van der Waals surface area contributed by atoms with E-state index in [0.717, 1.165) is 24.4 Å². The maximum absolute atomic E-state index is 11.3. The molecule has 1 saturated carbocycles. The largest absolute Gasteiger partial charge is 0.572 e. The summed E-state index contributed by atoms with van der Waals surface area (Å²) in [4.78, 5) is 0. The van der Waals surface area contributed by atoms with Crippen LogP contribution in [0.25, 0.3) is 0 Å². The Morgan fingerprint density at radius 3 is 2.50 bits per heavy atom. The summed E-state index contributed by atoms with van der Waals surface area (Å²) < 4.78 is 22.6. The molecular formula is C5H5BF2. The molecule has 0 unspecified atom stereocenters. The molecule has 8 heavy (non-hydrogen) atoms. The van der Waals surface area contributed by atoms with Crippen molar-refractivity contribution in [2.45, 2.75) is 12.8 Å². The van der Waals surface area contributed by atoms with Crippen molar-refractivity contribution in [2.24, 2.45) is 0 Å². The minimum atomic E-state index is -2.33. The van der Waals surface area contributed by atoms with Crippen LogP contribution in [0.4, 0.5) is 8.63 Å². The number of allylic oxidation sites excluding steroid dienone is 1. The summed E-state index contributed by atoms with van der Waals surface area (Å²) in [6.07, 6.45) is 1.92. The molecule has 0 saturated heterocycles. The molecule has 0 spiro atoms. The summed E-state index contributed by atoms with van der Waals surface area (Å²) in [7, 11) is -2.33. The molecule has 0 heterocycles. The highest BCUT2D eigenvalue weighted by Gasteiger charge is 2.10. The third kappa shape index (κ3) is 1.94. The van der Waals surface area contributed by atoms with Gasteiger partial charge in [-0.05, 0) is 24.4 Å². The van der Waals surface area contributed by atoms with Crippen molar-refractivity contribution in [3.05, 3.63) is 17.3 Å². The molecule has 0 N–H and O–H groups in total. The monoisotopic (exact) mass is 114 g/mol. The van der Waals surface area contributed by atoms with Crippen LogP contribution in [0.1, 0.15) is 12.8 Å². The molecule has 0 radical (unpaired) electrons. The average Bonchev–Trinajstić information content (AvgIpc) is 2.41. The fourth-order valence-corrected chi connectivity index (χ4v) is 0.388. The minimum Gasteiger partial charge on any atom is -0.281 e. The van der Waals surface area contributed by atoms with Gasteiger partial charge in [0.2, 0.25) is 0 Å². The molecule has 0 nitrogen and oxygen atoms in total. The van der Waals surface area contributed by atoms with Gasteiger partial charge >= 0.3 is 7.27 Å². The smallest absolute Gasteiger partial charge is 0.281 e. The maximum Gasteiger partial charge on any atom is 0.572 e. The van der Waals surface area contributed by atoms with Crippen LogP contribution in [0, 0.1) is 0 Å². The van der Waals surface area contributed by atoms with Gasteiger partial charge in [-0.1, -0.05) is 0 Å². The molecule has 1 rings (SSSR count). The first-order valence-electron chi connectivity index (χ1n) is 2.52. The second-order valence-corrected chi connectivity index (χ2v) is 1.75. The Balaban J connectivity index is 2.44. The zero-order chi connectivity index (χ0) is 5.98. The molecule has 0 aliphatic heterocycles. The summed E-state index contributed by atoms with van der Waals surface area (Å²) in [5.74, 6) is 0.808. The van der Waals surface area contributed by atoms with Crippen LogP contribution in [0.2, 0.25) is 0 Å². The second-order valence-electron chi connectivity index (χ2n) is 1.75.